The van der Waals surface area contributed by atoms with Gasteiger partial charge in [-0.1, -0.05) is 15.9 Å². The minimum atomic E-state index is 0.585. The molecule has 1 aromatic carbocycles. The fraction of sp³-hybridized carbons (Fsp3) is 0.250. The van der Waals surface area contributed by atoms with Gasteiger partial charge in [0.15, 0.2) is 0 Å². The molecule has 0 heterocycles. The van der Waals surface area contributed by atoms with Gasteiger partial charge in [0.2, 0.25) is 0 Å². The summed E-state index contributed by atoms with van der Waals surface area (Å²) in [5, 5.41) is 0. The first kappa shape index (κ1) is 9.81. The molecule has 0 bridgehead atoms. The minimum Gasteiger partial charge on any atom is -0.122 e. The molecule has 0 spiro atoms. The molecule has 1 aromatic rings. The highest BCUT2D eigenvalue weighted by Crippen LogP contribution is 2.23. The molecule has 0 aliphatic rings. The Balaban J connectivity index is 3.24. The second-order valence-electron chi connectivity index (χ2n) is 2.31. The molecule has 3 heteroatoms. The zero-order valence-electron chi connectivity index (χ0n) is 6.00. The van der Waals surface area contributed by atoms with Gasteiger partial charge in [-0.25, -0.2) is 0 Å². The molecular formula is C8H7BrClI. The molecule has 0 nitrogen and oxygen atoms in total. The van der Waals surface area contributed by atoms with Gasteiger partial charge in [0.05, 0.1) is 0 Å². The lowest BCUT2D eigenvalue weighted by atomic mass is 10.1. The van der Waals surface area contributed by atoms with E-state index < -0.39 is 0 Å². The van der Waals surface area contributed by atoms with Crippen molar-refractivity contribution < 1.29 is 0 Å². The van der Waals surface area contributed by atoms with E-state index in [1.807, 2.05) is 0 Å². The largest absolute Gasteiger partial charge is 0.122 e. The number of rotatable bonds is 1. The van der Waals surface area contributed by atoms with Crippen molar-refractivity contribution in [3.8, 4) is 0 Å². The number of halogens is 3. The van der Waals surface area contributed by atoms with Gasteiger partial charge < -0.3 is 0 Å². The summed E-state index contributed by atoms with van der Waals surface area (Å²) in [7, 11) is 0. The van der Waals surface area contributed by atoms with E-state index in [2.05, 4.69) is 57.6 Å². The van der Waals surface area contributed by atoms with Crippen LogP contribution in [0.3, 0.4) is 0 Å². The Labute approximate surface area is 93.6 Å². The van der Waals surface area contributed by atoms with E-state index in [1.165, 1.54) is 14.7 Å². The molecule has 1 rings (SSSR count). The van der Waals surface area contributed by atoms with Crippen molar-refractivity contribution in [1.29, 1.82) is 0 Å². The zero-order valence-corrected chi connectivity index (χ0v) is 10.5. The molecule has 0 radical (unpaired) electrons. The third kappa shape index (κ3) is 2.33. The summed E-state index contributed by atoms with van der Waals surface area (Å²) in [5.74, 6) is 0.585. The first-order valence-corrected chi connectivity index (χ1v) is 5.56. The Morgan fingerprint density at radius 1 is 1.55 bits per heavy atom. The average molecular weight is 345 g/mol. The lowest BCUT2D eigenvalue weighted by Gasteiger charge is -2.04. The summed E-state index contributed by atoms with van der Waals surface area (Å²) >= 11 is 11.5. The summed E-state index contributed by atoms with van der Waals surface area (Å²) in [4.78, 5) is 0. The molecule has 0 saturated carbocycles. The summed E-state index contributed by atoms with van der Waals surface area (Å²) in [6.07, 6.45) is 0. The summed E-state index contributed by atoms with van der Waals surface area (Å²) in [6.45, 7) is 2.09. The molecule has 60 valence electrons. The van der Waals surface area contributed by atoms with E-state index in [1.54, 1.807) is 0 Å². The Kier molecular flexibility index (Phi) is 3.65. The lowest BCUT2D eigenvalue weighted by molar-refractivity contribution is 1.27. The van der Waals surface area contributed by atoms with Gasteiger partial charge in [-0.3, -0.25) is 0 Å². The quantitative estimate of drug-likeness (QED) is 0.531. The second-order valence-corrected chi connectivity index (χ2v) is 4.65. The van der Waals surface area contributed by atoms with Crippen molar-refractivity contribution in [3.05, 3.63) is 31.3 Å². The summed E-state index contributed by atoms with van der Waals surface area (Å²) < 4.78 is 2.36. The summed E-state index contributed by atoms with van der Waals surface area (Å²) in [5.41, 5.74) is 2.48. The van der Waals surface area contributed by atoms with Crippen molar-refractivity contribution in [2.24, 2.45) is 0 Å². The Hall–Kier alpha value is 0.720. The molecule has 0 N–H and O–H groups in total. The molecule has 0 aromatic heterocycles. The number of hydrogen-bond donors (Lipinski definition) is 0. The van der Waals surface area contributed by atoms with E-state index in [-0.39, 0.29) is 0 Å². The van der Waals surface area contributed by atoms with Crippen LogP contribution in [-0.2, 0) is 5.88 Å². The molecule has 0 amide bonds. The van der Waals surface area contributed by atoms with Crippen LogP contribution in [0.5, 0.6) is 0 Å². The van der Waals surface area contributed by atoms with Gasteiger partial charge >= 0.3 is 0 Å². The van der Waals surface area contributed by atoms with Crippen LogP contribution in [-0.4, -0.2) is 0 Å². The third-order valence-electron chi connectivity index (χ3n) is 1.56. The van der Waals surface area contributed by atoms with Crippen LogP contribution in [0.15, 0.2) is 16.6 Å². The van der Waals surface area contributed by atoms with E-state index in [9.17, 15) is 0 Å². The normalized spacial score (nSPS) is 10.2. The number of hydrogen-bond acceptors (Lipinski definition) is 0. The molecule has 0 aliphatic carbocycles. The van der Waals surface area contributed by atoms with Crippen LogP contribution in [0.2, 0.25) is 0 Å². The van der Waals surface area contributed by atoms with Crippen LogP contribution in [0.1, 0.15) is 11.1 Å². The van der Waals surface area contributed by atoms with Crippen LogP contribution in [0, 0.1) is 10.5 Å². The fourth-order valence-electron chi connectivity index (χ4n) is 0.838. The van der Waals surface area contributed by atoms with Crippen LogP contribution >= 0.6 is 50.1 Å². The Morgan fingerprint density at radius 2 is 2.18 bits per heavy atom. The van der Waals surface area contributed by atoms with Gasteiger partial charge in [-0.2, -0.15) is 0 Å². The highest BCUT2D eigenvalue weighted by atomic mass is 127. The maximum atomic E-state index is 5.75. The van der Waals surface area contributed by atoms with E-state index in [0.717, 1.165) is 4.47 Å². The van der Waals surface area contributed by atoms with E-state index in [4.69, 9.17) is 11.6 Å². The lowest BCUT2D eigenvalue weighted by Crippen LogP contribution is -1.88. The standard InChI is InChI=1S/C8H7BrClI/c1-5-6(4-10)2-7(9)3-8(5)11/h2-3H,4H2,1H3. The minimum absolute atomic E-state index is 0.585. The molecule has 0 aliphatic heterocycles. The SMILES string of the molecule is Cc1c(I)cc(Br)cc1CCl. The molecule has 0 saturated heterocycles. The van der Waals surface area contributed by atoms with Gasteiger partial charge in [0, 0.05) is 13.9 Å². The maximum absolute atomic E-state index is 5.75. The average Bonchev–Trinajstić information content (AvgIpc) is 1.96. The van der Waals surface area contributed by atoms with Crippen molar-refractivity contribution in [2.75, 3.05) is 0 Å². The third-order valence-corrected chi connectivity index (χ3v) is 3.43. The predicted octanol–water partition coefficient (Wildman–Crippen LogP) is 4.10. The zero-order chi connectivity index (χ0) is 8.43. The van der Waals surface area contributed by atoms with Crippen molar-refractivity contribution >= 4 is 50.1 Å². The highest BCUT2D eigenvalue weighted by Gasteiger charge is 2.02. The summed E-state index contributed by atoms with van der Waals surface area (Å²) in [6, 6.07) is 4.15. The van der Waals surface area contributed by atoms with Crippen molar-refractivity contribution in [3.63, 3.8) is 0 Å². The van der Waals surface area contributed by atoms with Crippen LogP contribution in [0.25, 0.3) is 0 Å². The maximum Gasteiger partial charge on any atom is 0.0477 e. The second kappa shape index (κ2) is 4.10. The molecule has 0 unspecified atom stereocenters. The monoisotopic (exact) mass is 344 g/mol. The van der Waals surface area contributed by atoms with Gasteiger partial charge in [-0.15, -0.1) is 11.6 Å². The molecule has 11 heavy (non-hydrogen) atoms. The fourth-order valence-corrected chi connectivity index (χ4v) is 2.73. The Morgan fingerprint density at radius 3 is 2.73 bits per heavy atom. The number of alkyl halides is 1. The Bertz CT molecular complexity index is 273. The van der Waals surface area contributed by atoms with Gasteiger partial charge in [-0.05, 0) is 52.8 Å². The molecule has 0 fully saturated rings. The first-order valence-electron chi connectivity index (χ1n) is 3.15. The topological polar surface area (TPSA) is 0 Å². The highest BCUT2D eigenvalue weighted by molar-refractivity contribution is 14.1. The smallest absolute Gasteiger partial charge is 0.0477 e. The van der Waals surface area contributed by atoms with E-state index >= 15 is 0 Å². The predicted molar refractivity (Wildman–Crippen MR) is 61.2 cm³/mol. The van der Waals surface area contributed by atoms with Crippen LogP contribution in [0.4, 0.5) is 0 Å². The molecule has 0 atom stereocenters. The van der Waals surface area contributed by atoms with Crippen LogP contribution < -0.4 is 0 Å². The molecular weight excluding hydrogens is 338 g/mol. The van der Waals surface area contributed by atoms with Gasteiger partial charge in [0.25, 0.3) is 0 Å². The van der Waals surface area contributed by atoms with Gasteiger partial charge in [0.1, 0.15) is 0 Å². The van der Waals surface area contributed by atoms with Crippen molar-refractivity contribution in [1.82, 2.24) is 0 Å². The number of benzene rings is 1. The first-order chi connectivity index (χ1) is 5.15. The van der Waals surface area contributed by atoms with E-state index in [0.29, 0.717) is 5.88 Å². The van der Waals surface area contributed by atoms with Crippen molar-refractivity contribution in [2.45, 2.75) is 12.8 Å².